The van der Waals surface area contributed by atoms with Gasteiger partial charge in [0, 0.05) is 25.2 Å². The van der Waals surface area contributed by atoms with Crippen LogP contribution in [0.15, 0.2) is 0 Å². The van der Waals surface area contributed by atoms with Crippen LogP contribution in [0, 0.1) is 13.8 Å². The van der Waals surface area contributed by atoms with Crippen LogP contribution in [0.25, 0.3) is 0 Å². The zero-order valence-corrected chi connectivity index (χ0v) is 11.7. The summed E-state index contributed by atoms with van der Waals surface area (Å²) in [4.78, 5) is 11.3. The van der Waals surface area contributed by atoms with Gasteiger partial charge in [-0.05, 0) is 27.7 Å². The third kappa shape index (κ3) is 2.72. The van der Waals surface area contributed by atoms with Crippen LogP contribution in [-0.4, -0.2) is 42.3 Å². The van der Waals surface area contributed by atoms with Gasteiger partial charge in [-0.2, -0.15) is 0 Å². The summed E-state index contributed by atoms with van der Waals surface area (Å²) in [5.41, 5.74) is 1.12. The molecule has 1 aromatic heterocycles. The van der Waals surface area contributed by atoms with Crippen molar-refractivity contribution in [3.05, 3.63) is 11.4 Å². The Labute approximate surface area is 109 Å². The number of hydrogen-bond donors (Lipinski definition) is 1. The van der Waals surface area contributed by atoms with Gasteiger partial charge < -0.3 is 15.0 Å². The third-order valence-corrected chi connectivity index (χ3v) is 3.12. The van der Waals surface area contributed by atoms with Crippen molar-refractivity contribution in [2.24, 2.45) is 0 Å². The summed E-state index contributed by atoms with van der Waals surface area (Å²) < 4.78 is 5.58. The Morgan fingerprint density at radius 3 is 2.83 bits per heavy atom. The van der Waals surface area contributed by atoms with E-state index in [9.17, 15) is 0 Å². The minimum atomic E-state index is 0.260. The molecule has 1 aromatic rings. The van der Waals surface area contributed by atoms with E-state index in [0.29, 0.717) is 0 Å². The fourth-order valence-corrected chi connectivity index (χ4v) is 2.27. The van der Waals surface area contributed by atoms with Gasteiger partial charge in [0.1, 0.15) is 17.5 Å². The van der Waals surface area contributed by atoms with E-state index in [2.05, 4.69) is 41.0 Å². The molecule has 0 saturated carbocycles. The predicted octanol–water partition coefficient (Wildman–Crippen LogP) is 1.75. The molecule has 0 spiro atoms. The molecule has 18 heavy (non-hydrogen) atoms. The Morgan fingerprint density at radius 2 is 2.17 bits per heavy atom. The molecule has 5 nitrogen and oxygen atoms in total. The van der Waals surface area contributed by atoms with Gasteiger partial charge in [-0.3, -0.25) is 0 Å². The summed E-state index contributed by atoms with van der Waals surface area (Å²) in [6, 6.07) is 0. The van der Waals surface area contributed by atoms with Crippen molar-refractivity contribution >= 4 is 11.6 Å². The summed E-state index contributed by atoms with van der Waals surface area (Å²) >= 11 is 0. The lowest BCUT2D eigenvalue weighted by Gasteiger charge is -2.33. The highest BCUT2D eigenvalue weighted by molar-refractivity contribution is 5.58. The topological polar surface area (TPSA) is 50.3 Å². The van der Waals surface area contributed by atoms with Crippen LogP contribution in [0.2, 0.25) is 0 Å². The largest absolute Gasteiger partial charge is 0.375 e. The maximum absolute atomic E-state index is 5.58. The molecule has 2 heterocycles. The van der Waals surface area contributed by atoms with Crippen molar-refractivity contribution in [3.63, 3.8) is 0 Å². The van der Waals surface area contributed by atoms with Gasteiger partial charge in [0.25, 0.3) is 0 Å². The number of aryl methyl sites for hydroxylation is 1. The molecule has 0 bridgehead atoms. The SMILES string of the molecule is CCNc1nc(C)nc(N2CCOC(C)C2)c1C. The highest BCUT2D eigenvalue weighted by Gasteiger charge is 2.21. The van der Waals surface area contributed by atoms with E-state index in [4.69, 9.17) is 4.74 Å². The first-order valence-corrected chi connectivity index (χ1v) is 6.57. The molecule has 2 rings (SSSR count). The second-order valence-corrected chi connectivity index (χ2v) is 4.73. The van der Waals surface area contributed by atoms with Crippen LogP contribution in [0.4, 0.5) is 11.6 Å². The van der Waals surface area contributed by atoms with E-state index < -0.39 is 0 Å². The highest BCUT2D eigenvalue weighted by atomic mass is 16.5. The first kappa shape index (κ1) is 13.1. The zero-order chi connectivity index (χ0) is 13.1. The average molecular weight is 250 g/mol. The van der Waals surface area contributed by atoms with E-state index >= 15 is 0 Å². The van der Waals surface area contributed by atoms with Crippen molar-refractivity contribution in [3.8, 4) is 0 Å². The predicted molar refractivity (Wildman–Crippen MR) is 73.3 cm³/mol. The molecule has 0 radical (unpaired) electrons. The minimum absolute atomic E-state index is 0.260. The summed E-state index contributed by atoms with van der Waals surface area (Å²) in [6.07, 6.45) is 0.260. The number of morpholine rings is 1. The third-order valence-electron chi connectivity index (χ3n) is 3.12. The maximum atomic E-state index is 5.58. The van der Waals surface area contributed by atoms with Gasteiger partial charge in [-0.1, -0.05) is 0 Å². The Bertz CT molecular complexity index is 422. The first-order valence-electron chi connectivity index (χ1n) is 6.57. The van der Waals surface area contributed by atoms with Crippen molar-refractivity contribution in [2.45, 2.75) is 33.8 Å². The number of nitrogens with zero attached hydrogens (tertiary/aromatic N) is 3. The molecule has 1 unspecified atom stereocenters. The molecule has 0 amide bonds. The molecule has 1 atom stereocenters. The minimum Gasteiger partial charge on any atom is -0.375 e. The van der Waals surface area contributed by atoms with Gasteiger partial charge in [-0.25, -0.2) is 9.97 Å². The van der Waals surface area contributed by atoms with Crippen molar-refractivity contribution in [1.82, 2.24) is 9.97 Å². The number of ether oxygens (including phenoxy) is 1. The molecular formula is C13H22N4O. The molecular weight excluding hydrogens is 228 g/mol. The van der Waals surface area contributed by atoms with Crippen molar-refractivity contribution in [1.29, 1.82) is 0 Å². The van der Waals surface area contributed by atoms with Crippen LogP contribution >= 0.6 is 0 Å². The monoisotopic (exact) mass is 250 g/mol. The van der Waals surface area contributed by atoms with Gasteiger partial charge in [0.2, 0.25) is 0 Å². The fourth-order valence-electron chi connectivity index (χ4n) is 2.27. The number of hydrogen-bond acceptors (Lipinski definition) is 5. The number of nitrogens with one attached hydrogen (secondary N) is 1. The van der Waals surface area contributed by atoms with E-state index in [1.807, 2.05) is 6.92 Å². The van der Waals surface area contributed by atoms with E-state index in [0.717, 1.165) is 49.3 Å². The standard InChI is InChI=1S/C13H22N4O/c1-5-14-12-10(3)13(16-11(4)15-12)17-6-7-18-9(2)8-17/h9H,5-8H2,1-4H3,(H,14,15,16). The molecule has 1 saturated heterocycles. The smallest absolute Gasteiger partial charge is 0.137 e. The summed E-state index contributed by atoms with van der Waals surface area (Å²) in [6.45, 7) is 11.6. The Balaban J connectivity index is 2.31. The average Bonchev–Trinajstić information content (AvgIpc) is 2.33. The quantitative estimate of drug-likeness (QED) is 0.885. The molecule has 0 aromatic carbocycles. The summed E-state index contributed by atoms with van der Waals surface area (Å²) in [5.74, 6) is 2.79. The normalized spacial score (nSPS) is 20.0. The van der Waals surface area contributed by atoms with E-state index in [1.54, 1.807) is 0 Å². The summed E-state index contributed by atoms with van der Waals surface area (Å²) in [5, 5.41) is 3.30. The lowest BCUT2D eigenvalue weighted by molar-refractivity contribution is 0.0529. The Kier molecular flexibility index (Phi) is 4.01. The van der Waals surface area contributed by atoms with Gasteiger partial charge >= 0.3 is 0 Å². The molecule has 1 N–H and O–H groups in total. The number of aromatic nitrogens is 2. The zero-order valence-electron chi connectivity index (χ0n) is 11.7. The molecule has 1 aliphatic rings. The van der Waals surface area contributed by atoms with Crippen molar-refractivity contribution in [2.75, 3.05) is 36.5 Å². The summed E-state index contributed by atoms with van der Waals surface area (Å²) in [7, 11) is 0. The first-order chi connectivity index (χ1) is 8.61. The van der Waals surface area contributed by atoms with Crippen LogP contribution < -0.4 is 10.2 Å². The lowest BCUT2D eigenvalue weighted by Crippen LogP contribution is -2.42. The Hall–Kier alpha value is -1.36. The molecule has 5 heteroatoms. The Morgan fingerprint density at radius 1 is 1.39 bits per heavy atom. The number of rotatable bonds is 3. The van der Waals surface area contributed by atoms with Crippen LogP contribution in [0.1, 0.15) is 25.2 Å². The highest BCUT2D eigenvalue weighted by Crippen LogP contribution is 2.24. The molecule has 1 aliphatic heterocycles. The van der Waals surface area contributed by atoms with E-state index in [1.165, 1.54) is 0 Å². The van der Waals surface area contributed by atoms with Crippen LogP contribution in [-0.2, 0) is 4.74 Å². The molecule has 0 aliphatic carbocycles. The fraction of sp³-hybridized carbons (Fsp3) is 0.692. The van der Waals surface area contributed by atoms with Gasteiger partial charge in [-0.15, -0.1) is 0 Å². The van der Waals surface area contributed by atoms with Crippen LogP contribution in [0.5, 0.6) is 0 Å². The second kappa shape index (κ2) is 5.52. The van der Waals surface area contributed by atoms with Crippen molar-refractivity contribution < 1.29 is 4.74 Å². The maximum Gasteiger partial charge on any atom is 0.137 e. The molecule has 1 fully saturated rings. The molecule has 100 valence electrons. The van der Waals surface area contributed by atoms with Crippen LogP contribution in [0.3, 0.4) is 0 Å². The lowest BCUT2D eigenvalue weighted by atomic mass is 10.2. The number of anilines is 2. The van der Waals surface area contributed by atoms with Gasteiger partial charge in [0.15, 0.2) is 0 Å². The van der Waals surface area contributed by atoms with Gasteiger partial charge in [0.05, 0.1) is 12.7 Å². The second-order valence-electron chi connectivity index (χ2n) is 4.73. The van der Waals surface area contributed by atoms with E-state index in [-0.39, 0.29) is 6.10 Å².